The zero-order chi connectivity index (χ0) is 15.7. The number of aliphatic hydroxyl groups excluding tert-OH is 1. The molecule has 115 valence electrons. The molecule has 0 aliphatic heterocycles. The number of hydrogen-bond acceptors (Lipinski definition) is 2. The van der Waals surface area contributed by atoms with E-state index >= 15 is 0 Å². The molecule has 2 rings (SSSR count). The van der Waals surface area contributed by atoms with Crippen molar-refractivity contribution in [3.8, 4) is 0 Å². The van der Waals surface area contributed by atoms with E-state index < -0.39 is 5.24 Å². The summed E-state index contributed by atoms with van der Waals surface area (Å²) < 4.78 is 0. The van der Waals surface area contributed by atoms with E-state index in [1.807, 2.05) is 43.3 Å². The second kappa shape index (κ2) is 11.9. The van der Waals surface area contributed by atoms with Crippen LogP contribution >= 0.6 is 11.6 Å². The van der Waals surface area contributed by atoms with E-state index in [1.165, 1.54) is 5.56 Å². The maximum Gasteiger partial charge on any atom is 0.252 e. The van der Waals surface area contributed by atoms with Crippen LogP contribution in [-0.4, -0.2) is 17.4 Å². The van der Waals surface area contributed by atoms with Crippen molar-refractivity contribution in [2.24, 2.45) is 0 Å². The van der Waals surface area contributed by atoms with Gasteiger partial charge in [0.15, 0.2) is 0 Å². The molecule has 0 aliphatic rings. The van der Waals surface area contributed by atoms with Crippen LogP contribution in [0.4, 0.5) is 0 Å². The maximum absolute atomic E-state index is 10.9. The molecule has 0 fully saturated rings. The number of aryl methyl sites for hydroxylation is 1. The summed E-state index contributed by atoms with van der Waals surface area (Å²) in [7, 11) is 1.70. The predicted molar refractivity (Wildman–Crippen MR) is 86.7 cm³/mol. The smallest absolute Gasteiger partial charge is 0.252 e. The average Bonchev–Trinajstić information content (AvgIpc) is 2.49. The first kappa shape index (κ1) is 21.4. The fourth-order valence-corrected chi connectivity index (χ4v) is 1.90. The van der Waals surface area contributed by atoms with Crippen molar-refractivity contribution in [3.05, 3.63) is 76.1 Å². The van der Waals surface area contributed by atoms with Crippen LogP contribution in [0.5, 0.6) is 0 Å². The molecule has 0 saturated carbocycles. The molecule has 0 unspecified atom stereocenters. The van der Waals surface area contributed by atoms with Crippen LogP contribution in [0.1, 0.15) is 27.0 Å². The molecular weight excluding hydrogens is 375 g/mol. The Balaban J connectivity index is 0.000000397. The zero-order valence-electron chi connectivity index (χ0n) is 12.8. The van der Waals surface area contributed by atoms with Crippen LogP contribution in [0.2, 0.25) is 0 Å². The first-order valence-corrected chi connectivity index (χ1v) is 6.96. The van der Waals surface area contributed by atoms with E-state index in [0.717, 1.165) is 11.1 Å². The van der Waals surface area contributed by atoms with Crippen molar-refractivity contribution in [1.82, 2.24) is 0 Å². The van der Waals surface area contributed by atoms with E-state index in [2.05, 4.69) is 5.32 Å². The number of carbonyl (C=O) groups excluding carboxylic acids is 1. The quantitative estimate of drug-likeness (QED) is 0.797. The Morgan fingerprint density at radius 2 is 1.73 bits per heavy atom. The minimum Gasteiger partial charge on any atom is -0.661 e. The van der Waals surface area contributed by atoms with Gasteiger partial charge in [0.25, 0.3) is 5.24 Å². The molecule has 0 heterocycles. The third kappa shape index (κ3) is 7.62. The maximum atomic E-state index is 10.9. The number of aliphatic hydroxyl groups is 1. The summed E-state index contributed by atoms with van der Waals surface area (Å²) in [5.74, 6) is 0. The van der Waals surface area contributed by atoms with Gasteiger partial charge in [-0.05, 0) is 30.2 Å². The van der Waals surface area contributed by atoms with Crippen molar-refractivity contribution in [1.29, 1.82) is 0 Å². The molecule has 0 spiro atoms. The van der Waals surface area contributed by atoms with Gasteiger partial charge >= 0.3 is 0 Å². The van der Waals surface area contributed by atoms with Gasteiger partial charge in [0.05, 0.1) is 6.61 Å². The third-order valence-corrected chi connectivity index (χ3v) is 3.06. The molecule has 5 heteroatoms. The Morgan fingerprint density at radius 3 is 2.23 bits per heavy atom. The molecule has 0 amide bonds. The van der Waals surface area contributed by atoms with Crippen molar-refractivity contribution in [2.75, 3.05) is 7.05 Å². The Morgan fingerprint density at radius 1 is 1.14 bits per heavy atom. The summed E-state index contributed by atoms with van der Waals surface area (Å²) >= 11 is 5.36. The van der Waals surface area contributed by atoms with Gasteiger partial charge in [-0.2, -0.15) is 7.05 Å². The second-order valence-electron chi connectivity index (χ2n) is 4.55. The van der Waals surface area contributed by atoms with Crippen LogP contribution < -0.4 is 0 Å². The number of carbonyl (C=O) groups is 1. The summed E-state index contributed by atoms with van der Waals surface area (Å²) in [5, 5.41) is 12.1. The third-order valence-electron chi connectivity index (χ3n) is 2.86. The predicted octanol–water partition coefficient (Wildman–Crippen LogP) is 4.05. The number of rotatable bonds is 4. The van der Waals surface area contributed by atoms with Crippen LogP contribution in [0, 0.1) is 6.92 Å². The topological polar surface area (TPSA) is 51.4 Å². The standard InChI is InChI=1S/C9H9ClNO.C8H10O.Y/c1-11-6-7-4-2-3-5-8(7)9(10)12;1-7-2-4-8(6-9)5-3-7;/h2-5H,6H2,1H3;2-5,9H,6H2,1H3;/q-1;;. The van der Waals surface area contributed by atoms with Crippen LogP contribution in [-0.2, 0) is 45.9 Å². The van der Waals surface area contributed by atoms with E-state index in [9.17, 15) is 4.79 Å². The van der Waals surface area contributed by atoms with E-state index in [1.54, 1.807) is 19.2 Å². The number of halogens is 1. The molecule has 22 heavy (non-hydrogen) atoms. The van der Waals surface area contributed by atoms with Crippen LogP contribution in [0.3, 0.4) is 0 Å². The van der Waals surface area contributed by atoms with Gasteiger partial charge in [-0.15, -0.1) is 6.54 Å². The van der Waals surface area contributed by atoms with Gasteiger partial charge in [0, 0.05) is 38.3 Å². The van der Waals surface area contributed by atoms with Crippen molar-refractivity contribution in [2.45, 2.75) is 20.1 Å². The molecule has 3 nitrogen and oxygen atoms in total. The number of benzene rings is 2. The van der Waals surface area contributed by atoms with Crippen molar-refractivity contribution >= 4 is 16.8 Å². The largest absolute Gasteiger partial charge is 0.661 e. The Bertz CT molecular complexity index is 573. The van der Waals surface area contributed by atoms with E-state index in [-0.39, 0.29) is 39.3 Å². The molecule has 1 N–H and O–H groups in total. The van der Waals surface area contributed by atoms with E-state index in [4.69, 9.17) is 16.7 Å². The summed E-state index contributed by atoms with van der Waals surface area (Å²) in [6, 6.07) is 15.0. The SMILES string of the molecule is C[N-]Cc1ccccc1C(=O)Cl.Cc1ccc(CO)cc1.[Y]. The second-order valence-corrected chi connectivity index (χ2v) is 4.89. The van der Waals surface area contributed by atoms with Gasteiger partial charge in [-0.25, -0.2) is 0 Å². The van der Waals surface area contributed by atoms with Crippen molar-refractivity contribution < 1.29 is 42.6 Å². The van der Waals surface area contributed by atoms with Gasteiger partial charge in [-0.3, -0.25) is 4.79 Å². The molecule has 0 aromatic heterocycles. The summed E-state index contributed by atoms with van der Waals surface area (Å²) in [6.45, 7) is 2.70. The molecule has 0 bridgehead atoms. The first-order chi connectivity index (χ1) is 10.1. The first-order valence-electron chi connectivity index (χ1n) is 6.58. The normalized spacial score (nSPS) is 9.27. The number of hydrogen-bond donors (Lipinski definition) is 1. The molecule has 0 aliphatic carbocycles. The molecular formula is C17H19ClNO2Y-. The van der Waals surface area contributed by atoms with Gasteiger partial charge in [0.1, 0.15) is 0 Å². The van der Waals surface area contributed by atoms with Crippen LogP contribution in [0.15, 0.2) is 48.5 Å². The Kier molecular flexibility index (Phi) is 11.6. The van der Waals surface area contributed by atoms with Gasteiger partial charge in [-0.1, -0.05) is 53.6 Å². The van der Waals surface area contributed by atoms with Gasteiger partial charge < -0.3 is 10.4 Å². The van der Waals surface area contributed by atoms with Crippen LogP contribution in [0.25, 0.3) is 5.32 Å². The molecule has 2 aromatic carbocycles. The zero-order valence-corrected chi connectivity index (χ0v) is 16.4. The van der Waals surface area contributed by atoms with Gasteiger partial charge in [0.2, 0.25) is 0 Å². The molecule has 2 aromatic rings. The summed E-state index contributed by atoms with van der Waals surface area (Å²) in [6.07, 6.45) is 0. The van der Waals surface area contributed by atoms with E-state index in [0.29, 0.717) is 12.1 Å². The number of nitrogens with zero attached hydrogens (tertiary/aromatic N) is 1. The molecule has 0 saturated heterocycles. The minimum absolute atomic E-state index is 0. The summed E-state index contributed by atoms with van der Waals surface area (Å²) in [5.41, 5.74) is 3.62. The molecule has 1 radical (unpaired) electrons. The Hall–Kier alpha value is -0.576. The fraction of sp³-hybridized carbons (Fsp3) is 0.235. The molecule has 0 atom stereocenters. The Labute approximate surface area is 162 Å². The average molecular weight is 394 g/mol. The minimum atomic E-state index is -0.422. The monoisotopic (exact) mass is 393 g/mol. The summed E-state index contributed by atoms with van der Waals surface area (Å²) in [4.78, 5) is 10.9. The van der Waals surface area contributed by atoms with Crippen molar-refractivity contribution in [3.63, 3.8) is 0 Å². The fourth-order valence-electron chi connectivity index (χ4n) is 1.71.